The van der Waals surface area contributed by atoms with Crippen molar-refractivity contribution in [1.82, 2.24) is 20.6 Å². The molecular formula is C12H13Cl2N5O2. The number of aromatic amines is 1. The number of aryl methyl sites for hydroxylation is 2. The van der Waals surface area contributed by atoms with Gasteiger partial charge < -0.3 is 10.8 Å². The SMILES string of the molecule is N[C@@H](Cc1cc(Cl)c(Cl)cc1CCc1nn[nH]n1)C(=O)O. The average molecular weight is 330 g/mol. The Labute approximate surface area is 130 Å². The number of tetrazole rings is 1. The molecule has 0 fully saturated rings. The molecule has 0 radical (unpaired) electrons. The Morgan fingerprint density at radius 1 is 1.29 bits per heavy atom. The lowest BCUT2D eigenvalue weighted by Crippen LogP contribution is -2.32. The third-order valence-electron chi connectivity index (χ3n) is 3.01. The molecule has 0 saturated carbocycles. The number of rotatable bonds is 6. The minimum absolute atomic E-state index is 0.174. The summed E-state index contributed by atoms with van der Waals surface area (Å²) in [6, 6.07) is 2.37. The largest absolute Gasteiger partial charge is 0.480 e. The number of hydrogen-bond acceptors (Lipinski definition) is 5. The molecule has 112 valence electrons. The predicted molar refractivity (Wildman–Crippen MR) is 77.4 cm³/mol. The molecule has 0 aliphatic rings. The predicted octanol–water partition coefficient (Wildman–Crippen LogP) is 1.25. The number of halogens is 2. The molecule has 2 rings (SSSR count). The summed E-state index contributed by atoms with van der Waals surface area (Å²) >= 11 is 12.0. The van der Waals surface area contributed by atoms with Crippen molar-refractivity contribution in [1.29, 1.82) is 0 Å². The zero-order valence-electron chi connectivity index (χ0n) is 10.9. The minimum atomic E-state index is -1.06. The maximum absolute atomic E-state index is 10.9. The van der Waals surface area contributed by atoms with E-state index in [1.807, 2.05) is 0 Å². The summed E-state index contributed by atoms with van der Waals surface area (Å²) in [7, 11) is 0. The summed E-state index contributed by atoms with van der Waals surface area (Å²) in [5.41, 5.74) is 7.20. The van der Waals surface area contributed by atoms with E-state index in [4.69, 9.17) is 34.0 Å². The molecule has 1 aromatic carbocycles. The van der Waals surface area contributed by atoms with E-state index in [2.05, 4.69) is 20.6 Å². The van der Waals surface area contributed by atoms with Crippen LogP contribution in [0, 0.1) is 0 Å². The second kappa shape index (κ2) is 6.84. The molecule has 0 amide bonds. The van der Waals surface area contributed by atoms with E-state index in [0.29, 0.717) is 28.7 Å². The van der Waals surface area contributed by atoms with Gasteiger partial charge in [-0.15, -0.1) is 10.2 Å². The first-order valence-corrected chi connectivity index (χ1v) is 6.90. The lowest BCUT2D eigenvalue weighted by molar-refractivity contribution is -0.138. The van der Waals surface area contributed by atoms with Gasteiger partial charge in [-0.05, 0) is 36.1 Å². The van der Waals surface area contributed by atoms with Gasteiger partial charge in [-0.3, -0.25) is 4.79 Å². The molecule has 1 heterocycles. The summed E-state index contributed by atoms with van der Waals surface area (Å²) in [6.07, 6.45) is 1.30. The van der Waals surface area contributed by atoms with Gasteiger partial charge in [-0.1, -0.05) is 28.4 Å². The van der Waals surface area contributed by atoms with Crippen LogP contribution in [0.4, 0.5) is 0 Å². The number of H-pyrrole nitrogens is 1. The molecule has 1 atom stereocenters. The highest BCUT2D eigenvalue weighted by atomic mass is 35.5. The minimum Gasteiger partial charge on any atom is -0.480 e. The lowest BCUT2D eigenvalue weighted by atomic mass is 9.97. The van der Waals surface area contributed by atoms with Crippen molar-refractivity contribution in [3.8, 4) is 0 Å². The van der Waals surface area contributed by atoms with Crippen molar-refractivity contribution in [3.63, 3.8) is 0 Å². The summed E-state index contributed by atoms with van der Waals surface area (Å²) in [5.74, 6) is -0.500. The average Bonchev–Trinajstić information content (AvgIpc) is 2.94. The standard InChI is InChI=1S/C12H13Cl2N5O2/c13-8-3-6(1-2-11-16-18-19-17-11)7(4-9(8)14)5-10(15)12(20)21/h3-4,10H,1-2,5,15H2,(H,20,21)(H,16,17,18,19)/t10-/m0/s1. The Kier molecular flexibility index (Phi) is 5.11. The van der Waals surface area contributed by atoms with Gasteiger partial charge in [0, 0.05) is 6.42 Å². The van der Waals surface area contributed by atoms with Crippen LogP contribution in [0.5, 0.6) is 0 Å². The first-order valence-electron chi connectivity index (χ1n) is 6.15. The van der Waals surface area contributed by atoms with Crippen LogP contribution in [-0.4, -0.2) is 37.7 Å². The fourth-order valence-electron chi connectivity index (χ4n) is 1.91. The number of benzene rings is 1. The highest BCUT2D eigenvalue weighted by Gasteiger charge is 2.16. The van der Waals surface area contributed by atoms with Crippen LogP contribution in [0.25, 0.3) is 0 Å². The van der Waals surface area contributed by atoms with Gasteiger partial charge in [-0.25, -0.2) is 0 Å². The fourth-order valence-corrected chi connectivity index (χ4v) is 2.28. The molecular weight excluding hydrogens is 317 g/mol. The highest BCUT2D eigenvalue weighted by Crippen LogP contribution is 2.27. The molecule has 2 aromatic rings. The number of carboxylic acid groups (broad SMARTS) is 1. The van der Waals surface area contributed by atoms with Crippen molar-refractivity contribution in [2.24, 2.45) is 5.73 Å². The Hall–Kier alpha value is -1.70. The maximum atomic E-state index is 10.9. The number of carboxylic acids is 1. The van der Waals surface area contributed by atoms with Gasteiger partial charge >= 0.3 is 5.97 Å². The van der Waals surface area contributed by atoms with Crippen LogP contribution in [0.1, 0.15) is 17.0 Å². The second-order valence-corrected chi connectivity index (χ2v) is 5.33. The summed E-state index contributed by atoms with van der Waals surface area (Å²) in [5, 5.41) is 23.3. The number of aliphatic carboxylic acids is 1. The third kappa shape index (κ3) is 4.13. The lowest BCUT2D eigenvalue weighted by Gasteiger charge is -2.13. The first-order chi connectivity index (χ1) is 9.97. The number of nitrogens with one attached hydrogen (secondary N) is 1. The third-order valence-corrected chi connectivity index (χ3v) is 3.73. The van der Waals surface area contributed by atoms with E-state index in [1.54, 1.807) is 12.1 Å². The highest BCUT2D eigenvalue weighted by molar-refractivity contribution is 6.42. The zero-order chi connectivity index (χ0) is 15.4. The van der Waals surface area contributed by atoms with Crippen LogP contribution in [-0.2, 0) is 24.1 Å². The molecule has 9 heteroatoms. The molecule has 0 saturated heterocycles. The van der Waals surface area contributed by atoms with Gasteiger partial charge in [0.25, 0.3) is 0 Å². The monoisotopic (exact) mass is 329 g/mol. The van der Waals surface area contributed by atoms with Crippen LogP contribution in [0.2, 0.25) is 10.0 Å². The van der Waals surface area contributed by atoms with Crippen molar-refractivity contribution in [2.45, 2.75) is 25.3 Å². The molecule has 0 aliphatic heterocycles. The first kappa shape index (κ1) is 15.7. The van der Waals surface area contributed by atoms with Gasteiger partial charge in [0.2, 0.25) is 0 Å². The fraction of sp³-hybridized carbons (Fsp3) is 0.333. The Bertz CT molecular complexity index is 633. The van der Waals surface area contributed by atoms with Crippen molar-refractivity contribution in [2.75, 3.05) is 0 Å². The van der Waals surface area contributed by atoms with Crippen molar-refractivity contribution in [3.05, 3.63) is 39.1 Å². The Morgan fingerprint density at radius 2 is 1.95 bits per heavy atom. The molecule has 4 N–H and O–H groups in total. The van der Waals surface area contributed by atoms with E-state index in [-0.39, 0.29) is 6.42 Å². The van der Waals surface area contributed by atoms with E-state index in [0.717, 1.165) is 11.1 Å². The Balaban J connectivity index is 2.20. The van der Waals surface area contributed by atoms with E-state index in [9.17, 15) is 4.79 Å². The van der Waals surface area contributed by atoms with E-state index in [1.165, 1.54) is 0 Å². The van der Waals surface area contributed by atoms with Crippen LogP contribution < -0.4 is 5.73 Å². The maximum Gasteiger partial charge on any atom is 0.320 e. The van der Waals surface area contributed by atoms with Gasteiger partial charge in [0.1, 0.15) is 6.04 Å². The number of hydrogen-bond donors (Lipinski definition) is 3. The topological polar surface area (TPSA) is 118 Å². The molecule has 0 bridgehead atoms. The quantitative estimate of drug-likeness (QED) is 0.733. The van der Waals surface area contributed by atoms with Crippen LogP contribution >= 0.6 is 23.2 Å². The summed E-state index contributed by atoms with van der Waals surface area (Å²) < 4.78 is 0. The van der Waals surface area contributed by atoms with Gasteiger partial charge in [0.05, 0.1) is 10.0 Å². The van der Waals surface area contributed by atoms with Crippen LogP contribution in [0.3, 0.4) is 0 Å². The van der Waals surface area contributed by atoms with Crippen molar-refractivity contribution < 1.29 is 9.90 Å². The smallest absolute Gasteiger partial charge is 0.320 e. The van der Waals surface area contributed by atoms with Gasteiger partial charge in [0.15, 0.2) is 5.82 Å². The number of carbonyl (C=O) groups is 1. The molecule has 0 spiro atoms. The molecule has 21 heavy (non-hydrogen) atoms. The second-order valence-electron chi connectivity index (χ2n) is 4.51. The number of nitrogens with two attached hydrogens (primary N) is 1. The number of nitrogens with zero attached hydrogens (tertiary/aromatic N) is 3. The normalized spacial score (nSPS) is 12.3. The number of aromatic nitrogens is 4. The van der Waals surface area contributed by atoms with Crippen molar-refractivity contribution >= 4 is 29.2 Å². The molecule has 1 aromatic heterocycles. The molecule has 0 unspecified atom stereocenters. The zero-order valence-corrected chi connectivity index (χ0v) is 12.4. The Morgan fingerprint density at radius 3 is 2.52 bits per heavy atom. The van der Waals surface area contributed by atoms with Gasteiger partial charge in [-0.2, -0.15) is 5.21 Å². The van der Waals surface area contributed by atoms with Crippen LogP contribution in [0.15, 0.2) is 12.1 Å². The molecule has 0 aliphatic carbocycles. The summed E-state index contributed by atoms with van der Waals surface area (Å²) in [6.45, 7) is 0. The molecule has 7 nitrogen and oxygen atoms in total. The van der Waals surface area contributed by atoms with E-state index >= 15 is 0 Å². The summed E-state index contributed by atoms with van der Waals surface area (Å²) in [4.78, 5) is 10.9. The van der Waals surface area contributed by atoms with E-state index < -0.39 is 12.0 Å².